The second kappa shape index (κ2) is 16.5. The third-order valence-electron chi connectivity index (χ3n) is 9.01. The fraction of sp³-hybridized carbons (Fsp3) is 0.234. The molecule has 4 nitrogen and oxygen atoms in total. The lowest BCUT2D eigenvalue weighted by Crippen LogP contribution is -2.06. The Morgan fingerprint density at radius 2 is 0.745 bits per heavy atom. The predicted octanol–water partition coefficient (Wildman–Crippen LogP) is 12.5. The van der Waals surface area contributed by atoms with Crippen molar-refractivity contribution in [3.8, 4) is 67.5 Å². The summed E-state index contributed by atoms with van der Waals surface area (Å²) < 4.78 is 12.6. The number of aromatic hydroxyl groups is 2. The first kappa shape index (κ1) is 36.8. The van der Waals surface area contributed by atoms with E-state index < -0.39 is 0 Å². The van der Waals surface area contributed by atoms with Gasteiger partial charge in [0.1, 0.15) is 23.0 Å². The molecule has 0 spiro atoms. The molecule has 0 saturated heterocycles. The monoisotopic (exact) mass is 678 g/mol. The van der Waals surface area contributed by atoms with E-state index in [4.69, 9.17) is 9.47 Å². The molecule has 6 rings (SSSR count). The zero-order valence-corrected chi connectivity index (χ0v) is 31.2. The van der Waals surface area contributed by atoms with Gasteiger partial charge in [-0.05, 0) is 111 Å². The van der Waals surface area contributed by atoms with E-state index in [-0.39, 0.29) is 11.5 Å². The van der Waals surface area contributed by atoms with Gasteiger partial charge in [0.05, 0.1) is 13.2 Å². The number of phenols is 2. The molecule has 6 aromatic rings. The van der Waals surface area contributed by atoms with Crippen molar-refractivity contribution in [3.63, 3.8) is 0 Å². The van der Waals surface area contributed by atoms with Crippen LogP contribution in [0.4, 0.5) is 0 Å². The van der Waals surface area contributed by atoms with E-state index in [0.29, 0.717) is 31.1 Å². The Bertz CT molecular complexity index is 1990. The molecule has 4 heteroatoms. The third kappa shape index (κ3) is 8.29. The number of hydrogen-bond acceptors (Lipinski definition) is 4. The molecule has 6 aromatic carbocycles. The van der Waals surface area contributed by atoms with Crippen LogP contribution in [-0.2, 0) is 0 Å². The molecule has 51 heavy (non-hydrogen) atoms. The van der Waals surface area contributed by atoms with E-state index >= 15 is 0 Å². The first-order chi connectivity index (χ1) is 24.6. The predicted molar refractivity (Wildman–Crippen MR) is 213 cm³/mol. The number of ether oxygens (including phenoxy) is 2. The number of rotatable bonds is 10. The molecule has 262 valence electrons. The van der Waals surface area contributed by atoms with Gasteiger partial charge in [-0.25, -0.2) is 0 Å². The van der Waals surface area contributed by atoms with Crippen molar-refractivity contribution in [1.82, 2.24) is 0 Å². The van der Waals surface area contributed by atoms with Crippen molar-refractivity contribution in [2.24, 2.45) is 0 Å². The minimum atomic E-state index is 0.244. The number of hydrogen-bond donors (Lipinski definition) is 2. The Hall–Kier alpha value is -5.48. The zero-order valence-electron chi connectivity index (χ0n) is 31.2. The number of para-hydroxylation sites is 2. The summed E-state index contributed by atoms with van der Waals surface area (Å²) >= 11 is 0. The lowest BCUT2D eigenvalue weighted by Gasteiger charge is -2.18. The summed E-state index contributed by atoms with van der Waals surface area (Å²) in [6, 6.07) is 36.4. The van der Waals surface area contributed by atoms with Gasteiger partial charge in [0, 0.05) is 39.8 Å². The lowest BCUT2D eigenvalue weighted by atomic mass is 9.92. The molecule has 0 unspecified atom stereocenters. The molecule has 0 atom stereocenters. The maximum Gasteiger partial charge on any atom is 0.131 e. The topological polar surface area (TPSA) is 58.9 Å². The Labute approximate surface area is 304 Å². The van der Waals surface area contributed by atoms with Crippen LogP contribution in [0.5, 0.6) is 23.0 Å². The van der Waals surface area contributed by atoms with Crippen LogP contribution in [0, 0.1) is 41.5 Å². The fourth-order valence-corrected chi connectivity index (χ4v) is 6.66. The van der Waals surface area contributed by atoms with Crippen molar-refractivity contribution in [2.75, 3.05) is 13.2 Å². The van der Waals surface area contributed by atoms with Gasteiger partial charge in [-0.15, -0.1) is 0 Å². The van der Waals surface area contributed by atoms with Gasteiger partial charge in [0.2, 0.25) is 0 Å². The molecule has 0 saturated carbocycles. The van der Waals surface area contributed by atoms with Crippen LogP contribution in [0.1, 0.15) is 53.6 Å². The van der Waals surface area contributed by atoms with Crippen molar-refractivity contribution >= 4 is 0 Å². The second-order valence-electron chi connectivity index (χ2n) is 13.1. The molecular formula is C47H50O4. The second-order valence-corrected chi connectivity index (χ2v) is 13.1. The Morgan fingerprint density at radius 3 is 1.12 bits per heavy atom. The molecule has 0 amide bonds. The van der Waals surface area contributed by atoms with E-state index in [1.54, 1.807) is 0 Å². The first-order valence-corrected chi connectivity index (χ1v) is 17.9. The van der Waals surface area contributed by atoms with Crippen LogP contribution < -0.4 is 9.47 Å². The zero-order chi connectivity index (χ0) is 36.7. The van der Waals surface area contributed by atoms with Crippen molar-refractivity contribution in [3.05, 3.63) is 143 Å². The largest absolute Gasteiger partial charge is 0.507 e. The first-order valence-electron chi connectivity index (χ1n) is 17.9. The maximum atomic E-state index is 11.5. The summed E-state index contributed by atoms with van der Waals surface area (Å²) in [4.78, 5) is 0. The SMILES string of the molecule is CC.Cc1ccc(-c2cc(C)cc(-c3ccccc3OCCCOc3ccccc3-c3cc(C)cc(-c4ccc(C)cc4C)c3O)c2O)c(C)c1. The highest BCUT2D eigenvalue weighted by Crippen LogP contribution is 2.45. The van der Waals surface area contributed by atoms with Gasteiger partial charge in [-0.2, -0.15) is 0 Å². The molecule has 2 N–H and O–H groups in total. The summed E-state index contributed by atoms with van der Waals surface area (Å²) in [7, 11) is 0. The summed E-state index contributed by atoms with van der Waals surface area (Å²) in [5.74, 6) is 1.90. The summed E-state index contributed by atoms with van der Waals surface area (Å²) in [6.45, 7) is 17.3. The quantitative estimate of drug-likeness (QED) is 0.142. The van der Waals surface area contributed by atoms with Gasteiger partial charge >= 0.3 is 0 Å². The summed E-state index contributed by atoms with van der Waals surface area (Å²) in [5.41, 5.74) is 13.6. The molecule has 0 heterocycles. The van der Waals surface area contributed by atoms with E-state index in [1.807, 2.05) is 86.6 Å². The minimum Gasteiger partial charge on any atom is -0.507 e. The van der Waals surface area contributed by atoms with Gasteiger partial charge < -0.3 is 19.7 Å². The number of benzene rings is 6. The third-order valence-corrected chi connectivity index (χ3v) is 9.01. The molecular weight excluding hydrogens is 629 g/mol. The van der Waals surface area contributed by atoms with E-state index in [2.05, 4.69) is 77.9 Å². The van der Waals surface area contributed by atoms with Crippen molar-refractivity contribution in [1.29, 1.82) is 0 Å². The highest BCUT2D eigenvalue weighted by Gasteiger charge is 2.19. The van der Waals surface area contributed by atoms with Crippen LogP contribution in [0.3, 0.4) is 0 Å². The maximum absolute atomic E-state index is 11.5. The Morgan fingerprint density at radius 1 is 0.392 bits per heavy atom. The molecule has 0 aliphatic carbocycles. The van der Waals surface area contributed by atoms with Crippen LogP contribution in [0.2, 0.25) is 0 Å². The van der Waals surface area contributed by atoms with E-state index in [1.165, 1.54) is 11.1 Å². The van der Waals surface area contributed by atoms with Crippen LogP contribution in [-0.4, -0.2) is 23.4 Å². The van der Waals surface area contributed by atoms with Crippen molar-refractivity contribution < 1.29 is 19.7 Å². The molecule has 0 bridgehead atoms. The average Bonchev–Trinajstić information content (AvgIpc) is 3.11. The highest BCUT2D eigenvalue weighted by molar-refractivity contribution is 5.87. The smallest absolute Gasteiger partial charge is 0.131 e. The molecule has 0 radical (unpaired) electrons. The normalized spacial score (nSPS) is 10.7. The van der Waals surface area contributed by atoms with Crippen molar-refractivity contribution in [2.45, 2.75) is 61.8 Å². The van der Waals surface area contributed by atoms with Crippen LogP contribution in [0.25, 0.3) is 44.5 Å². The van der Waals surface area contributed by atoms with Gasteiger partial charge in [0.15, 0.2) is 0 Å². The molecule has 0 fully saturated rings. The van der Waals surface area contributed by atoms with Crippen LogP contribution in [0.15, 0.2) is 109 Å². The number of phenolic OH excluding ortho intramolecular Hbond substituents is 2. The lowest BCUT2D eigenvalue weighted by molar-refractivity contribution is 0.248. The van der Waals surface area contributed by atoms with Gasteiger partial charge in [-0.1, -0.05) is 97.8 Å². The Kier molecular flexibility index (Phi) is 11.9. The minimum absolute atomic E-state index is 0.244. The number of aryl methyl sites for hydroxylation is 6. The molecule has 0 aliphatic rings. The van der Waals surface area contributed by atoms with Gasteiger partial charge in [-0.3, -0.25) is 0 Å². The fourth-order valence-electron chi connectivity index (χ4n) is 6.66. The van der Waals surface area contributed by atoms with Gasteiger partial charge in [0.25, 0.3) is 0 Å². The molecule has 0 aliphatic heterocycles. The molecule has 0 aromatic heterocycles. The average molecular weight is 679 g/mol. The van der Waals surface area contributed by atoms with E-state index in [9.17, 15) is 10.2 Å². The summed E-state index contributed by atoms with van der Waals surface area (Å²) in [5, 5.41) is 23.1. The standard InChI is InChI=1S/C45H44O4.C2H6/c1-28-16-18-34(32(5)22-28)38-24-30(3)26-40(44(38)46)36-12-7-9-14-42(36)48-20-11-21-49-43-15-10-8-13-37(43)41-27-31(4)25-39(45(41)47)35-19-17-29(2)23-33(35)6;1-2/h7-10,12-19,22-27,46-47H,11,20-21H2,1-6H3;1-2H3. The van der Waals surface area contributed by atoms with E-state index in [0.717, 1.165) is 66.8 Å². The highest BCUT2D eigenvalue weighted by atomic mass is 16.5. The van der Waals surface area contributed by atoms with Crippen LogP contribution >= 0.6 is 0 Å². The summed E-state index contributed by atoms with van der Waals surface area (Å²) in [6.07, 6.45) is 0.643. The Balaban J connectivity index is 0.00000248.